The Kier molecular flexibility index (Phi) is 5.27. The van der Waals surface area contributed by atoms with Gasteiger partial charge in [0.05, 0.1) is 18.4 Å². The number of aromatic nitrogens is 2. The lowest BCUT2D eigenvalue weighted by molar-refractivity contribution is -0.0316. The molecule has 150 valence electrons. The Hall–Kier alpha value is -2.95. The average molecular weight is 407 g/mol. The van der Waals surface area contributed by atoms with E-state index in [0.29, 0.717) is 16.3 Å². The first-order valence-corrected chi connectivity index (χ1v) is 8.48. The van der Waals surface area contributed by atoms with Crippen LogP contribution in [-0.2, 0) is 26.6 Å². The lowest BCUT2D eigenvalue weighted by Gasteiger charge is -2.31. The number of amides is 3. The van der Waals surface area contributed by atoms with Crippen molar-refractivity contribution in [1.29, 1.82) is 0 Å². The molecule has 1 saturated heterocycles. The van der Waals surface area contributed by atoms with Crippen LogP contribution in [0, 0.1) is 0 Å². The van der Waals surface area contributed by atoms with Gasteiger partial charge < -0.3 is 20.9 Å². The van der Waals surface area contributed by atoms with E-state index in [-0.39, 0.29) is 17.9 Å². The van der Waals surface area contributed by atoms with Gasteiger partial charge in [-0.15, -0.1) is 4.28 Å². The van der Waals surface area contributed by atoms with Crippen molar-refractivity contribution in [3.63, 3.8) is 0 Å². The fourth-order valence-corrected chi connectivity index (χ4v) is 3.40. The van der Waals surface area contributed by atoms with E-state index in [1.165, 1.54) is 22.8 Å². The van der Waals surface area contributed by atoms with Gasteiger partial charge in [0.25, 0.3) is 0 Å². The fourth-order valence-electron chi connectivity index (χ4n) is 3.03. The number of hydrogen-bond donors (Lipinski definition) is 3. The van der Waals surface area contributed by atoms with E-state index in [9.17, 15) is 18.0 Å². The van der Waals surface area contributed by atoms with Gasteiger partial charge >= 0.3 is 22.5 Å². The van der Waals surface area contributed by atoms with Crippen molar-refractivity contribution in [2.75, 3.05) is 13.6 Å². The third-order valence-corrected chi connectivity index (χ3v) is 4.31. The summed E-state index contributed by atoms with van der Waals surface area (Å²) in [7, 11) is -1.92. The summed E-state index contributed by atoms with van der Waals surface area (Å²) in [5.41, 5.74) is 8.16. The van der Waals surface area contributed by atoms with Crippen LogP contribution in [0.1, 0.15) is 23.3 Å². The standard InChI is InChI=1S/C11H15N7O7S.H2O/c1-13-9(15-24-10(12)19)8-7-5(3-14-16(7)2)6-4-17(8)11(20)18(6)25-26(21,22)23;/h3,6,8H,4H2,1-2H3,(H2,12,19)(H,13,15)(H,21,22,23);1H2/t6-,8-;/m0./s1. The van der Waals surface area contributed by atoms with Gasteiger partial charge in [0.2, 0.25) is 0 Å². The quantitative estimate of drug-likeness (QED) is 0.214. The number of carbonyl (C=O) groups is 2. The van der Waals surface area contributed by atoms with Gasteiger partial charge in [-0.25, -0.2) is 15.1 Å². The number of nitrogens with one attached hydrogen (secondary N) is 1. The van der Waals surface area contributed by atoms with E-state index in [2.05, 4.69) is 24.7 Å². The van der Waals surface area contributed by atoms with Crippen molar-refractivity contribution in [1.82, 2.24) is 25.2 Å². The van der Waals surface area contributed by atoms with Gasteiger partial charge in [0, 0.05) is 19.7 Å². The summed E-state index contributed by atoms with van der Waals surface area (Å²) < 4.78 is 37.0. The Morgan fingerprint density at radius 3 is 2.74 bits per heavy atom. The molecular weight excluding hydrogens is 390 g/mol. The third kappa shape index (κ3) is 3.50. The summed E-state index contributed by atoms with van der Waals surface area (Å²) in [6.07, 6.45) is 0.319. The molecule has 16 heteroatoms. The second-order valence-electron chi connectivity index (χ2n) is 5.42. The van der Waals surface area contributed by atoms with Crippen LogP contribution in [0.15, 0.2) is 11.2 Å². The summed E-state index contributed by atoms with van der Waals surface area (Å²) in [5.74, 6) is 0.0501. The number of aliphatic imine (C=N–C) groups is 1. The van der Waals surface area contributed by atoms with Crippen LogP contribution in [0.3, 0.4) is 0 Å². The lowest BCUT2D eigenvalue weighted by atomic mass is 9.97. The van der Waals surface area contributed by atoms with Gasteiger partial charge in [0.15, 0.2) is 5.84 Å². The monoisotopic (exact) mass is 407 g/mol. The molecule has 1 aromatic rings. The zero-order chi connectivity index (χ0) is 19.2. The minimum atomic E-state index is -4.92. The Balaban J connectivity index is 0.00000261. The molecule has 2 bridgehead atoms. The molecular formula is C11H17N7O8S. The highest BCUT2D eigenvalue weighted by atomic mass is 32.3. The van der Waals surface area contributed by atoms with Crippen molar-refractivity contribution in [3.8, 4) is 0 Å². The van der Waals surface area contributed by atoms with Crippen LogP contribution >= 0.6 is 0 Å². The molecule has 0 aliphatic carbocycles. The van der Waals surface area contributed by atoms with Gasteiger partial charge in [0.1, 0.15) is 12.1 Å². The normalized spacial score (nSPS) is 21.6. The van der Waals surface area contributed by atoms with E-state index in [4.69, 9.17) is 10.3 Å². The molecule has 0 saturated carbocycles. The second-order valence-corrected chi connectivity index (χ2v) is 6.43. The Labute approximate surface area is 152 Å². The molecule has 3 rings (SSSR count). The summed E-state index contributed by atoms with van der Waals surface area (Å²) in [6.45, 7) is 0.0228. The van der Waals surface area contributed by atoms with E-state index >= 15 is 0 Å². The van der Waals surface area contributed by atoms with Crippen molar-refractivity contribution >= 4 is 28.4 Å². The molecule has 1 fully saturated rings. The number of primary amides is 1. The Bertz CT molecular complexity index is 897. The number of hydrogen-bond acceptors (Lipinski definition) is 8. The molecule has 1 aromatic heterocycles. The van der Waals surface area contributed by atoms with Crippen LogP contribution in [0.25, 0.3) is 0 Å². The molecule has 2 aliphatic rings. The summed E-state index contributed by atoms with van der Waals surface area (Å²) >= 11 is 0. The van der Waals surface area contributed by atoms with E-state index in [1.807, 2.05) is 0 Å². The zero-order valence-corrected chi connectivity index (χ0v) is 14.9. The average Bonchev–Trinajstić information content (AvgIpc) is 3.04. The first-order chi connectivity index (χ1) is 12.1. The molecule has 0 radical (unpaired) electrons. The first kappa shape index (κ1) is 20.4. The van der Waals surface area contributed by atoms with Crippen LogP contribution < -0.4 is 11.2 Å². The topological polar surface area (TPSA) is 213 Å². The second kappa shape index (κ2) is 6.99. The maximum atomic E-state index is 12.6. The van der Waals surface area contributed by atoms with Crippen molar-refractivity contribution in [2.45, 2.75) is 12.1 Å². The number of fused-ring (bicyclic) bond motifs is 4. The molecule has 0 aromatic carbocycles. The van der Waals surface area contributed by atoms with Crippen LogP contribution in [-0.4, -0.2) is 69.7 Å². The van der Waals surface area contributed by atoms with Crippen LogP contribution in [0.2, 0.25) is 0 Å². The molecule has 27 heavy (non-hydrogen) atoms. The molecule has 0 unspecified atom stereocenters. The van der Waals surface area contributed by atoms with Crippen molar-refractivity contribution in [2.24, 2.45) is 17.8 Å². The fraction of sp³-hybridized carbons (Fsp3) is 0.455. The highest BCUT2D eigenvalue weighted by Gasteiger charge is 2.53. The van der Waals surface area contributed by atoms with Crippen LogP contribution in [0.5, 0.6) is 0 Å². The van der Waals surface area contributed by atoms with Crippen molar-refractivity contribution < 1.29 is 37.2 Å². The first-order valence-electron chi connectivity index (χ1n) is 7.11. The Morgan fingerprint density at radius 2 is 2.19 bits per heavy atom. The van der Waals surface area contributed by atoms with Crippen molar-refractivity contribution in [3.05, 3.63) is 17.5 Å². The van der Waals surface area contributed by atoms with Gasteiger partial charge in [-0.05, 0) is 0 Å². The Morgan fingerprint density at radius 1 is 1.52 bits per heavy atom. The minimum Gasteiger partial charge on any atom is -0.412 e. The lowest BCUT2D eigenvalue weighted by Crippen LogP contribution is -2.45. The minimum absolute atomic E-state index is 0. The largest absolute Gasteiger partial charge is 0.428 e. The number of carbonyl (C=O) groups excluding carboxylic acids is 2. The molecule has 15 nitrogen and oxygen atoms in total. The number of aryl methyl sites for hydroxylation is 1. The molecule has 6 N–H and O–H groups in total. The predicted molar refractivity (Wildman–Crippen MR) is 86.0 cm³/mol. The van der Waals surface area contributed by atoms with Gasteiger partial charge in [-0.1, -0.05) is 0 Å². The van der Waals surface area contributed by atoms with E-state index < -0.39 is 34.6 Å². The zero-order valence-electron chi connectivity index (χ0n) is 14.1. The molecule has 0 spiro atoms. The number of nitrogens with two attached hydrogens (primary N) is 1. The number of rotatable bonds is 3. The SMILES string of the molecule is CN=C(NOC(N)=O)[C@@H]1c2c(cnn2C)[C@@H]2CN1C(=O)N2OS(=O)(=O)O.O. The summed E-state index contributed by atoms with van der Waals surface area (Å²) in [4.78, 5) is 33.2. The summed E-state index contributed by atoms with van der Waals surface area (Å²) in [5, 5.41) is 4.64. The van der Waals surface area contributed by atoms with Gasteiger partial charge in [-0.2, -0.15) is 18.6 Å². The van der Waals surface area contributed by atoms with Gasteiger partial charge in [-0.3, -0.25) is 14.2 Å². The maximum absolute atomic E-state index is 12.6. The molecule has 2 atom stereocenters. The molecule has 2 aliphatic heterocycles. The van der Waals surface area contributed by atoms with E-state index in [0.717, 1.165) is 0 Å². The number of amidine groups is 1. The third-order valence-electron chi connectivity index (χ3n) is 3.96. The summed E-state index contributed by atoms with van der Waals surface area (Å²) in [6, 6.07) is -2.55. The van der Waals surface area contributed by atoms with E-state index in [1.54, 1.807) is 7.05 Å². The maximum Gasteiger partial charge on any atom is 0.428 e. The smallest absolute Gasteiger partial charge is 0.412 e. The molecule has 3 heterocycles. The van der Waals surface area contributed by atoms with Crippen LogP contribution in [0.4, 0.5) is 9.59 Å². The number of nitrogens with zero attached hydrogens (tertiary/aromatic N) is 5. The highest BCUT2D eigenvalue weighted by Crippen LogP contribution is 2.44. The highest BCUT2D eigenvalue weighted by molar-refractivity contribution is 7.80. The number of urea groups is 1. The predicted octanol–water partition coefficient (Wildman–Crippen LogP) is -2.21. The molecule has 3 amide bonds. The number of hydroxylamine groups is 3.